The number of hydrogen-bond acceptors (Lipinski definition) is 3. The van der Waals surface area contributed by atoms with Gasteiger partial charge in [0.2, 0.25) is 0 Å². The maximum Gasteiger partial charge on any atom is 0.339 e. The summed E-state index contributed by atoms with van der Waals surface area (Å²) in [6.45, 7) is 0. The van der Waals surface area contributed by atoms with Crippen molar-refractivity contribution in [1.29, 1.82) is 0 Å². The highest BCUT2D eigenvalue weighted by atomic mass is 79.9. The van der Waals surface area contributed by atoms with Crippen molar-refractivity contribution in [3.63, 3.8) is 0 Å². The number of rotatable bonds is 6. The summed E-state index contributed by atoms with van der Waals surface area (Å²) < 4.78 is 15.4. The molecule has 2 aromatic carbocycles. The number of halogens is 4. The maximum atomic E-state index is 14.6. The van der Waals surface area contributed by atoms with E-state index >= 15 is 0 Å². The number of amides is 1. The highest BCUT2D eigenvalue weighted by molar-refractivity contribution is 9.10. The van der Waals surface area contributed by atoms with Crippen molar-refractivity contribution >= 4 is 68.0 Å². The molecule has 0 saturated carbocycles. The zero-order valence-electron chi connectivity index (χ0n) is 14.6. The van der Waals surface area contributed by atoms with Crippen LogP contribution in [0.1, 0.15) is 15.9 Å². The first-order valence-electron chi connectivity index (χ1n) is 8.26. The van der Waals surface area contributed by atoms with E-state index in [1.807, 2.05) is 0 Å². The van der Waals surface area contributed by atoms with Crippen molar-refractivity contribution in [3.8, 4) is 10.4 Å². The Hall–Kier alpha value is -1.93. The molecule has 1 unspecified atom stereocenters. The molecule has 1 heterocycles. The number of carboxylic acid groups (broad SMARTS) is 1. The zero-order valence-corrected chi connectivity index (χ0v) is 18.5. The second kappa shape index (κ2) is 9.26. The lowest BCUT2D eigenvalue weighted by Gasteiger charge is -2.12. The van der Waals surface area contributed by atoms with Gasteiger partial charge >= 0.3 is 5.97 Å². The predicted octanol–water partition coefficient (Wildman–Crippen LogP) is 6.70. The zero-order chi connectivity index (χ0) is 21.1. The number of anilines is 1. The molecule has 0 radical (unpaired) electrons. The van der Waals surface area contributed by atoms with Gasteiger partial charge in [0, 0.05) is 26.3 Å². The van der Waals surface area contributed by atoms with E-state index in [1.54, 1.807) is 42.5 Å². The molecule has 0 saturated heterocycles. The van der Waals surface area contributed by atoms with Gasteiger partial charge in [-0.2, -0.15) is 0 Å². The van der Waals surface area contributed by atoms with Crippen molar-refractivity contribution in [2.45, 2.75) is 12.6 Å². The highest BCUT2D eigenvalue weighted by Crippen LogP contribution is 2.37. The normalized spacial score (nSPS) is 11.9. The Labute approximate surface area is 188 Å². The molecule has 0 aliphatic carbocycles. The molecule has 0 fully saturated rings. The summed E-state index contributed by atoms with van der Waals surface area (Å²) in [5.74, 6) is -2.19. The lowest BCUT2D eigenvalue weighted by molar-refractivity contribution is -0.120. The second-order valence-electron chi connectivity index (χ2n) is 6.03. The number of carbonyl (C=O) groups is 2. The third-order valence-corrected chi connectivity index (χ3v) is 6.36. The first-order valence-corrected chi connectivity index (χ1v) is 10.7. The number of alkyl halides is 1. The molecule has 9 heteroatoms. The molecule has 0 spiro atoms. The molecule has 0 bridgehead atoms. The Morgan fingerprint density at radius 2 is 1.76 bits per heavy atom. The highest BCUT2D eigenvalue weighted by Gasteiger charge is 2.25. The van der Waals surface area contributed by atoms with E-state index in [0.717, 1.165) is 15.8 Å². The van der Waals surface area contributed by atoms with Crippen LogP contribution in [-0.4, -0.2) is 23.2 Å². The van der Waals surface area contributed by atoms with Crippen molar-refractivity contribution in [3.05, 3.63) is 73.5 Å². The van der Waals surface area contributed by atoms with Gasteiger partial charge in [-0.1, -0.05) is 57.3 Å². The maximum absolute atomic E-state index is 14.6. The van der Waals surface area contributed by atoms with Gasteiger partial charge in [-0.25, -0.2) is 9.18 Å². The molecule has 3 rings (SSSR count). The Kier molecular flexibility index (Phi) is 6.95. The fourth-order valence-corrected chi connectivity index (χ4v) is 4.50. The van der Waals surface area contributed by atoms with Crippen LogP contribution in [-0.2, 0) is 11.2 Å². The van der Waals surface area contributed by atoms with Crippen molar-refractivity contribution in [2.75, 3.05) is 5.32 Å². The molecular weight excluding hydrogens is 504 g/mol. The quantitative estimate of drug-likeness (QED) is 0.383. The van der Waals surface area contributed by atoms with Gasteiger partial charge in [0.1, 0.15) is 5.56 Å². The predicted molar refractivity (Wildman–Crippen MR) is 118 cm³/mol. The Bertz CT molecular complexity index is 1050. The van der Waals surface area contributed by atoms with Crippen LogP contribution in [0.25, 0.3) is 10.4 Å². The van der Waals surface area contributed by atoms with Crippen LogP contribution in [0.5, 0.6) is 0 Å². The number of carboxylic acids is 1. The standard InChI is InChI=1S/C20H13BrCl2FNO3S/c21-11-6-4-10(5-7-11)18-17(20(27)28)16(9-29-18)25-19(26)15(24)8-12-13(22)2-1-3-14(12)23/h1-7,9,15H,8H2,(H,25,26)(H,27,28). The molecule has 4 nitrogen and oxygen atoms in total. The van der Waals surface area contributed by atoms with E-state index < -0.39 is 18.0 Å². The van der Waals surface area contributed by atoms with Crippen LogP contribution in [0.2, 0.25) is 10.0 Å². The number of carbonyl (C=O) groups excluding carboxylic acids is 1. The number of benzene rings is 2. The van der Waals surface area contributed by atoms with Gasteiger partial charge in [-0.05, 0) is 35.4 Å². The van der Waals surface area contributed by atoms with Crippen LogP contribution in [0.4, 0.5) is 10.1 Å². The SMILES string of the molecule is O=C(O)c1c(NC(=O)C(F)Cc2c(Cl)cccc2Cl)csc1-c1ccc(Br)cc1. The van der Waals surface area contributed by atoms with Gasteiger partial charge in [-0.15, -0.1) is 11.3 Å². The molecule has 29 heavy (non-hydrogen) atoms. The average molecular weight is 517 g/mol. The first kappa shape index (κ1) is 21.8. The summed E-state index contributed by atoms with van der Waals surface area (Å²) in [7, 11) is 0. The van der Waals surface area contributed by atoms with Gasteiger partial charge in [0.25, 0.3) is 5.91 Å². The Morgan fingerprint density at radius 1 is 1.14 bits per heavy atom. The molecule has 2 N–H and O–H groups in total. The van der Waals surface area contributed by atoms with E-state index in [2.05, 4.69) is 21.2 Å². The summed E-state index contributed by atoms with van der Waals surface area (Å²) in [6.07, 6.45) is -2.28. The summed E-state index contributed by atoms with van der Waals surface area (Å²) in [5.41, 5.74) is 0.945. The fraction of sp³-hybridized carbons (Fsp3) is 0.100. The van der Waals surface area contributed by atoms with E-state index in [0.29, 0.717) is 16.0 Å². The summed E-state index contributed by atoms with van der Waals surface area (Å²) >= 11 is 16.5. The number of hydrogen-bond donors (Lipinski definition) is 2. The molecule has 150 valence electrons. The van der Waals surface area contributed by atoms with Crippen LogP contribution < -0.4 is 5.32 Å². The summed E-state index contributed by atoms with van der Waals surface area (Å²) in [4.78, 5) is 24.6. The molecule has 0 aliphatic rings. The average Bonchev–Trinajstić information content (AvgIpc) is 3.09. The molecule has 1 atom stereocenters. The van der Waals surface area contributed by atoms with Crippen LogP contribution in [0.3, 0.4) is 0 Å². The number of aromatic carboxylic acids is 1. The van der Waals surface area contributed by atoms with Crippen molar-refractivity contribution in [1.82, 2.24) is 0 Å². The number of nitrogens with one attached hydrogen (secondary N) is 1. The molecular formula is C20H13BrCl2FNO3S. The van der Waals surface area contributed by atoms with E-state index in [-0.39, 0.29) is 27.7 Å². The monoisotopic (exact) mass is 515 g/mol. The first-order chi connectivity index (χ1) is 13.8. The summed E-state index contributed by atoms with van der Waals surface area (Å²) in [6, 6.07) is 11.8. The van der Waals surface area contributed by atoms with Crippen LogP contribution in [0.15, 0.2) is 52.3 Å². The number of thiophene rings is 1. The lowest BCUT2D eigenvalue weighted by atomic mass is 10.1. The third-order valence-electron chi connectivity index (χ3n) is 4.10. The minimum atomic E-state index is -1.95. The topological polar surface area (TPSA) is 66.4 Å². The molecule has 1 aromatic heterocycles. The van der Waals surface area contributed by atoms with E-state index in [1.165, 1.54) is 5.38 Å². The van der Waals surface area contributed by atoms with Gasteiger partial charge < -0.3 is 10.4 Å². The van der Waals surface area contributed by atoms with Gasteiger partial charge in [0.15, 0.2) is 6.17 Å². The Morgan fingerprint density at radius 3 is 2.34 bits per heavy atom. The van der Waals surface area contributed by atoms with E-state index in [4.69, 9.17) is 23.2 Å². The minimum Gasteiger partial charge on any atom is -0.478 e. The van der Waals surface area contributed by atoms with Gasteiger partial charge in [-0.3, -0.25) is 4.79 Å². The van der Waals surface area contributed by atoms with Crippen LogP contribution in [0, 0.1) is 0 Å². The fourth-order valence-electron chi connectivity index (χ4n) is 2.69. The third kappa shape index (κ3) is 4.98. The molecule has 1 amide bonds. The molecule has 0 aliphatic heterocycles. The molecule has 3 aromatic rings. The van der Waals surface area contributed by atoms with E-state index in [9.17, 15) is 19.1 Å². The second-order valence-corrected chi connectivity index (χ2v) is 8.64. The largest absolute Gasteiger partial charge is 0.478 e. The van der Waals surface area contributed by atoms with Gasteiger partial charge in [0.05, 0.1) is 10.6 Å². The minimum absolute atomic E-state index is 0.0401. The summed E-state index contributed by atoms with van der Waals surface area (Å²) in [5, 5.41) is 14.0. The Balaban J connectivity index is 1.83. The van der Waals surface area contributed by atoms with Crippen LogP contribution >= 0.6 is 50.5 Å². The van der Waals surface area contributed by atoms with Crippen molar-refractivity contribution < 1.29 is 19.1 Å². The van der Waals surface area contributed by atoms with Crippen molar-refractivity contribution in [2.24, 2.45) is 0 Å². The lowest BCUT2D eigenvalue weighted by Crippen LogP contribution is -2.26. The smallest absolute Gasteiger partial charge is 0.339 e.